The van der Waals surface area contributed by atoms with Gasteiger partial charge in [-0.3, -0.25) is 0 Å². The summed E-state index contributed by atoms with van der Waals surface area (Å²) in [6.45, 7) is 3.92. The topological polar surface area (TPSA) is 70.7 Å². The van der Waals surface area contributed by atoms with Gasteiger partial charge < -0.3 is 4.74 Å². The second kappa shape index (κ2) is 12.4. The van der Waals surface area contributed by atoms with E-state index < -0.39 is 0 Å². The SMILES string of the molecule is C#CC#CC#Cc1cc(-n2nnc3ccccc32)c(C)cc1Oc1cc(C#CC#CC#C)c(-n2nnc3ccccc32)cc1C. The third-order valence-electron chi connectivity index (χ3n) is 6.76. The molecule has 0 saturated carbocycles. The maximum Gasteiger partial charge on any atom is 0.143 e. The first-order valence-electron chi connectivity index (χ1n) is 13.6. The maximum atomic E-state index is 6.55. The molecule has 0 atom stereocenters. The van der Waals surface area contributed by atoms with Gasteiger partial charge in [0.25, 0.3) is 0 Å². The summed E-state index contributed by atoms with van der Waals surface area (Å²) in [5.74, 6) is 27.8. The Bertz CT molecular complexity index is 2490. The van der Waals surface area contributed by atoms with Crippen molar-refractivity contribution in [2.75, 3.05) is 0 Å². The standard InChI is InChI=1S/C38H20N6O/c1-5-7-9-11-17-29-26-37(28(4)23-36(29)44-34-22-16-14-20-32(34)40-42-44)45-38-24-27(3)35(25-30(38)18-12-10-8-6-2)43-33-21-15-13-19-31(33)39-41-43/h1-2,13-16,19-26H,3-4H3. The van der Waals surface area contributed by atoms with Crippen LogP contribution in [0.5, 0.6) is 11.5 Å². The minimum absolute atomic E-state index is 0.517. The lowest BCUT2D eigenvalue weighted by molar-refractivity contribution is 0.476. The summed E-state index contributed by atoms with van der Waals surface area (Å²) in [5.41, 5.74) is 7.69. The van der Waals surface area contributed by atoms with Crippen LogP contribution in [0.15, 0.2) is 72.8 Å². The highest BCUT2D eigenvalue weighted by Gasteiger charge is 2.17. The van der Waals surface area contributed by atoms with Gasteiger partial charge in [-0.15, -0.1) is 23.0 Å². The average molecular weight is 577 g/mol. The normalized spacial score (nSPS) is 9.69. The maximum absolute atomic E-state index is 6.55. The molecule has 2 heterocycles. The second-order valence-electron chi connectivity index (χ2n) is 9.64. The molecule has 0 saturated heterocycles. The average Bonchev–Trinajstić information content (AvgIpc) is 3.68. The van der Waals surface area contributed by atoms with Crippen LogP contribution >= 0.6 is 0 Å². The van der Waals surface area contributed by atoms with Gasteiger partial charge in [-0.05, 0) is 127 Å². The van der Waals surface area contributed by atoms with Crippen molar-refractivity contribution in [3.63, 3.8) is 0 Å². The molecule has 4 aromatic carbocycles. The summed E-state index contributed by atoms with van der Waals surface area (Å²) in [7, 11) is 0. The van der Waals surface area contributed by atoms with Crippen molar-refractivity contribution in [1.82, 2.24) is 30.0 Å². The van der Waals surface area contributed by atoms with E-state index in [1.54, 1.807) is 9.36 Å². The molecule has 0 aliphatic heterocycles. The zero-order chi connectivity index (χ0) is 31.2. The third-order valence-corrected chi connectivity index (χ3v) is 6.76. The highest BCUT2D eigenvalue weighted by atomic mass is 16.5. The lowest BCUT2D eigenvalue weighted by Crippen LogP contribution is -2.03. The van der Waals surface area contributed by atoms with E-state index in [2.05, 4.69) is 79.8 Å². The van der Waals surface area contributed by atoms with E-state index in [1.165, 1.54) is 0 Å². The van der Waals surface area contributed by atoms with Gasteiger partial charge >= 0.3 is 0 Å². The van der Waals surface area contributed by atoms with Gasteiger partial charge in [0.2, 0.25) is 0 Å². The number of benzene rings is 4. The molecule has 0 aliphatic carbocycles. The molecule has 0 radical (unpaired) electrons. The van der Waals surface area contributed by atoms with Gasteiger partial charge in [-0.2, -0.15) is 0 Å². The summed E-state index contributed by atoms with van der Waals surface area (Å²) in [4.78, 5) is 0. The molecule has 6 rings (SSSR count). The molecule has 7 heteroatoms. The lowest BCUT2D eigenvalue weighted by atomic mass is 10.1. The fraction of sp³-hybridized carbons (Fsp3) is 0.0526. The molecule has 0 bridgehead atoms. The quantitative estimate of drug-likeness (QED) is 0.258. The first-order valence-corrected chi connectivity index (χ1v) is 13.6. The third kappa shape index (κ3) is 5.67. The van der Waals surface area contributed by atoms with Crippen molar-refractivity contribution in [2.45, 2.75) is 13.8 Å². The molecule has 0 aliphatic rings. The highest BCUT2D eigenvalue weighted by Crippen LogP contribution is 2.34. The van der Waals surface area contributed by atoms with Gasteiger partial charge in [0.15, 0.2) is 0 Å². The van der Waals surface area contributed by atoms with Crippen LogP contribution in [0.2, 0.25) is 0 Å². The number of rotatable bonds is 4. The minimum Gasteiger partial charge on any atom is -0.456 e. The molecular weight excluding hydrogens is 556 g/mol. The molecule has 2 aromatic heterocycles. The monoisotopic (exact) mass is 576 g/mol. The van der Waals surface area contributed by atoms with Gasteiger partial charge in [0.05, 0.1) is 33.5 Å². The minimum atomic E-state index is 0.517. The first-order chi connectivity index (χ1) is 22.1. The summed E-state index contributed by atoms with van der Waals surface area (Å²) >= 11 is 0. The number of fused-ring (bicyclic) bond motifs is 2. The Balaban J connectivity index is 1.49. The Kier molecular flexibility index (Phi) is 7.69. The van der Waals surface area contributed by atoms with Crippen molar-refractivity contribution in [2.24, 2.45) is 0 Å². The highest BCUT2D eigenvalue weighted by molar-refractivity contribution is 5.78. The smallest absolute Gasteiger partial charge is 0.143 e. The van der Waals surface area contributed by atoms with Gasteiger partial charge in [-0.1, -0.05) is 40.6 Å². The number of hydrogen-bond acceptors (Lipinski definition) is 5. The van der Waals surface area contributed by atoms with Crippen LogP contribution in [0.1, 0.15) is 22.3 Å². The Hall–Kier alpha value is -7.16. The summed E-state index contributed by atoms with van der Waals surface area (Å²) in [6.07, 6.45) is 10.6. The second-order valence-corrected chi connectivity index (χ2v) is 9.64. The fourth-order valence-corrected chi connectivity index (χ4v) is 4.68. The van der Waals surface area contributed by atoms with Crippen LogP contribution in [0.3, 0.4) is 0 Å². The Morgan fingerprint density at radius 1 is 0.578 bits per heavy atom. The molecule has 0 fully saturated rings. The molecule has 45 heavy (non-hydrogen) atoms. The predicted octanol–water partition coefficient (Wildman–Crippen LogP) is 5.54. The molecule has 0 unspecified atom stereocenters. The number of aromatic nitrogens is 6. The van der Waals surface area contributed by atoms with E-state index in [9.17, 15) is 0 Å². The van der Waals surface area contributed by atoms with Crippen molar-refractivity contribution in [3.8, 4) is 94.9 Å². The van der Waals surface area contributed by atoms with E-state index in [1.807, 2.05) is 86.6 Å². The van der Waals surface area contributed by atoms with E-state index >= 15 is 0 Å². The Morgan fingerprint density at radius 2 is 1.16 bits per heavy atom. The number of nitrogens with zero attached hydrogens (tertiary/aromatic N) is 6. The number of terminal acetylenes is 2. The molecule has 0 spiro atoms. The Morgan fingerprint density at radius 3 is 1.78 bits per heavy atom. The molecule has 0 amide bonds. The molecule has 7 nitrogen and oxygen atoms in total. The number of aryl methyl sites for hydroxylation is 2. The summed E-state index contributed by atoms with van der Waals surface area (Å²) in [5, 5.41) is 17.4. The van der Waals surface area contributed by atoms with Crippen LogP contribution in [0, 0.1) is 85.9 Å². The fourth-order valence-electron chi connectivity index (χ4n) is 4.68. The molecule has 0 N–H and O–H groups in total. The number of para-hydroxylation sites is 2. The van der Waals surface area contributed by atoms with Crippen LogP contribution in [-0.2, 0) is 0 Å². The molecule has 208 valence electrons. The predicted molar refractivity (Wildman–Crippen MR) is 174 cm³/mol. The van der Waals surface area contributed by atoms with Crippen LogP contribution in [-0.4, -0.2) is 30.0 Å². The number of hydrogen-bond donors (Lipinski definition) is 0. The van der Waals surface area contributed by atoms with E-state index in [4.69, 9.17) is 17.6 Å². The zero-order valence-electron chi connectivity index (χ0n) is 24.2. The number of ether oxygens (including phenoxy) is 1. The summed E-state index contributed by atoms with van der Waals surface area (Å²) in [6, 6.07) is 23.0. The van der Waals surface area contributed by atoms with Crippen molar-refractivity contribution in [3.05, 3.63) is 95.1 Å². The largest absolute Gasteiger partial charge is 0.456 e. The van der Waals surface area contributed by atoms with Gasteiger partial charge in [-0.25, -0.2) is 9.36 Å². The summed E-state index contributed by atoms with van der Waals surface area (Å²) < 4.78 is 10.1. The Labute approximate surface area is 260 Å². The van der Waals surface area contributed by atoms with Gasteiger partial charge in [0, 0.05) is 0 Å². The molecule has 6 aromatic rings. The van der Waals surface area contributed by atoms with E-state index in [0.29, 0.717) is 22.6 Å². The van der Waals surface area contributed by atoms with E-state index in [0.717, 1.165) is 44.6 Å². The molecular formula is C38H20N6O. The van der Waals surface area contributed by atoms with Crippen molar-refractivity contribution in [1.29, 1.82) is 0 Å². The lowest BCUT2D eigenvalue weighted by Gasteiger charge is -2.16. The van der Waals surface area contributed by atoms with Crippen LogP contribution in [0.25, 0.3) is 33.4 Å². The van der Waals surface area contributed by atoms with Crippen molar-refractivity contribution < 1.29 is 4.74 Å². The van der Waals surface area contributed by atoms with Crippen LogP contribution < -0.4 is 4.74 Å². The van der Waals surface area contributed by atoms with Gasteiger partial charge in [0.1, 0.15) is 22.5 Å². The van der Waals surface area contributed by atoms with E-state index in [-0.39, 0.29) is 0 Å². The zero-order valence-corrected chi connectivity index (χ0v) is 24.2. The van der Waals surface area contributed by atoms with Crippen molar-refractivity contribution >= 4 is 22.1 Å². The first kappa shape index (κ1) is 28.0. The van der Waals surface area contributed by atoms with Crippen LogP contribution in [0.4, 0.5) is 0 Å².